The molecule has 138 valence electrons. The van der Waals surface area contributed by atoms with Gasteiger partial charge in [0.15, 0.2) is 0 Å². The number of pyridine rings is 1. The summed E-state index contributed by atoms with van der Waals surface area (Å²) < 4.78 is 24.8. The minimum absolute atomic E-state index is 0.0197. The molecule has 1 amide bonds. The van der Waals surface area contributed by atoms with Crippen molar-refractivity contribution in [1.82, 2.24) is 4.98 Å². The van der Waals surface area contributed by atoms with Crippen molar-refractivity contribution in [2.75, 3.05) is 12.0 Å². The number of rotatable bonds is 6. The van der Waals surface area contributed by atoms with Gasteiger partial charge in [-0.1, -0.05) is 36.4 Å². The minimum Gasteiger partial charge on any atom is -0.496 e. The molecule has 0 aliphatic heterocycles. The van der Waals surface area contributed by atoms with Crippen molar-refractivity contribution < 1.29 is 18.7 Å². The summed E-state index contributed by atoms with van der Waals surface area (Å²) in [6.07, 6.45) is 0. The number of anilines is 1. The molecule has 0 atom stereocenters. The number of para-hydroxylation sites is 2. The Morgan fingerprint density at radius 3 is 2.44 bits per heavy atom. The van der Waals surface area contributed by atoms with Crippen LogP contribution in [0.25, 0.3) is 0 Å². The van der Waals surface area contributed by atoms with Crippen molar-refractivity contribution in [3.63, 3.8) is 0 Å². The van der Waals surface area contributed by atoms with Crippen LogP contribution in [0, 0.1) is 5.95 Å². The van der Waals surface area contributed by atoms with E-state index in [-0.39, 0.29) is 18.3 Å². The van der Waals surface area contributed by atoms with E-state index in [1.807, 2.05) is 30.3 Å². The number of aromatic nitrogens is 1. The zero-order chi connectivity index (χ0) is 19.2. The van der Waals surface area contributed by atoms with Gasteiger partial charge < -0.3 is 14.4 Å². The quantitative estimate of drug-likeness (QED) is 0.600. The van der Waals surface area contributed by atoms with E-state index in [1.165, 1.54) is 24.0 Å². The number of amides is 1. The van der Waals surface area contributed by atoms with Crippen LogP contribution in [0.15, 0.2) is 66.7 Å². The summed E-state index contributed by atoms with van der Waals surface area (Å²) in [7, 11) is 1.57. The number of ether oxygens (including phenoxy) is 2. The lowest BCUT2D eigenvalue weighted by atomic mass is 10.1. The fourth-order valence-electron chi connectivity index (χ4n) is 2.66. The molecule has 0 saturated heterocycles. The number of methoxy groups -OCH3 is 1. The van der Waals surface area contributed by atoms with Gasteiger partial charge in [-0.25, -0.2) is 0 Å². The molecule has 0 bridgehead atoms. The Labute approximate surface area is 157 Å². The first-order valence-corrected chi connectivity index (χ1v) is 8.38. The second kappa shape index (κ2) is 8.31. The van der Waals surface area contributed by atoms with Crippen LogP contribution in [0.5, 0.6) is 17.4 Å². The Morgan fingerprint density at radius 2 is 1.74 bits per heavy atom. The number of nitrogens with zero attached hydrogens (tertiary/aromatic N) is 2. The highest BCUT2D eigenvalue weighted by atomic mass is 18.2. The molecule has 1 heterocycles. The van der Waals surface area contributed by atoms with E-state index < -0.39 is 5.95 Å². The molecule has 6 heteroatoms. The van der Waals surface area contributed by atoms with E-state index in [2.05, 4.69) is 4.98 Å². The van der Waals surface area contributed by atoms with Gasteiger partial charge >= 0.3 is 0 Å². The van der Waals surface area contributed by atoms with Crippen molar-refractivity contribution in [3.8, 4) is 17.4 Å². The topological polar surface area (TPSA) is 51.7 Å². The smallest absolute Gasteiger partial charge is 0.246 e. The maximum Gasteiger partial charge on any atom is 0.246 e. The van der Waals surface area contributed by atoms with Crippen LogP contribution in [-0.4, -0.2) is 18.0 Å². The normalized spacial score (nSPS) is 10.3. The van der Waals surface area contributed by atoms with Gasteiger partial charge in [-0.05, 0) is 30.3 Å². The van der Waals surface area contributed by atoms with Gasteiger partial charge in [0.2, 0.25) is 17.7 Å². The number of hydrogen-bond donors (Lipinski definition) is 0. The van der Waals surface area contributed by atoms with Crippen LogP contribution in [0.1, 0.15) is 12.5 Å². The van der Waals surface area contributed by atoms with Gasteiger partial charge in [0.25, 0.3) is 0 Å². The average molecular weight is 365 g/mol. The van der Waals surface area contributed by atoms with Crippen LogP contribution in [0.3, 0.4) is 0 Å². The van der Waals surface area contributed by atoms with Crippen molar-refractivity contribution in [1.29, 1.82) is 0 Å². The summed E-state index contributed by atoms with van der Waals surface area (Å²) in [4.78, 5) is 17.7. The molecular formula is C21H19FN2O3. The molecule has 0 aliphatic rings. The number of benzene rings is 2. The lowest BCUT2D eigenvalue weighted by molar-refractivity contribution is -0.116. The third kappa shape index (κ3) is 4.41. The second-order valence-corrected chi connectivity index (χ2v) is 5.79. The average Bonchev–Trinajstić information content (AvgIpc) is 2.67. The van der Waals surface area contributed by atoms with Gasteiger partial charge in [-0.15, -0.1) is 0 Å². The molecule has 0 unspecified atom stereocenters. The van der Waals surface area contributed by atoms with E-state index in [0.717, 1.165) is 5.56 Å². The summed E-state index contributed by atoms with van der Waals surface area (Å²) in [5, 5.41) is 0. The first-order chi connectivity index (χ1) is 13.1. The van der Waals surface area contributed by atoms with Crippen LogP contribution >= 0.6 is 0 Å². The molecule has 27 heavy (non-hydrogen) atoms. The molecule has 1 aromatic heterocycles. The van der Waals surface area contributed by atoms with E-state index in [1.54, 1.807) is 31.4 Å². The third-order valence-electron chi connectivity index (χ3n) is 3.96. The number of carbonyl (C=O) groups excluding carboxylic acids is 1. The first-order valence-electron chi connectivity index (χ1n) is 8.38. The summed E-state index contributed by atoms with van der Waals surface area (Å²) in [6.45, 7) is 1.67. The molecule has 3 rings (SSSR count). The second-order valence-electron chi connectivity index (χ2n) is 5.79. The monoisotopic (exact) mass is 365 g/mol. The molecule has 0 radical (unpaired) electrons. The van der Waals surface area contributed by atoms with E-state index in [4.69, 9.17) is 9.47 Å². The van der Waals surface area contributed by atoms with E-state index >= 15 is 0 Å². The van der Waals surface area contributed by atoms with Gasteiger partial charge in [0, 0.05) is 12.5 Å². The third-order valence-corrected chi connectivity index (χ3v) is 3.96. The fraction of sp³-hybridized carbons (Fsp3) is 0.143. The number of hydrogen-bond acceptors (Lipinski definition) is 4. The van der Waals surface area contributed by atoms with Crippen molar-refractivity contribution in [3.05, 3.63) is 78.2 Å². The molecule has 0 aliphatic carbocycles. The molecule has 3 aromatic rings. The SMILES string of the molecule is COc1ccccc1CN(C(C)=O)c1ccc([18F])nc1Oc1ccccc1. The van der Waals surface area contributed by atoms with Crippen molar-refractivity contribution in [2.45, 2.75) is 13.5 Å². The maximum atomic E-state index is 13.7. The van der Waals surface area contributed by atoms with Crippen molar-refractivity contribution in [2.24, 2.45) is 0 Å². The predicted molar refractivity (Wildman–Crippen MR) is 101 cm³/mol. The Morgan fingerprint density at radius 1 is 1.04 bits per heavy atom. The summed E-state index contributed by atoms with van der Waals surface area (Å²) in [5.41, 5.74) is 1.18. The molecule has 0 fully saturated rings. The lowest BCUT2D eigenvalue weighted by Gasteiger charge is -2.24. The Bertz CT molecular complexity index is 932. The number of carbonyl (C=O) groups is 1. The Balaban J connectivity index is 1.99. The van der Waals surface area contributed by atoms with Crippen LogP contribution < -0.4 is 14.4 Å². The highest BCUT2D eigenvalue weighted by Crippen LogP contribution is 2.33. The molecule has 2 aromatic carbocycles. The van der Waals surface area contributed by atoms with Gasteiger partial charge in [-0.2, -0.15) is 9.37 Å². The molecule has 5 nitrogen and oxygen atoms in total. The molecule has 0 saturated carbocycles. The predicted octanol–water partition coefficient (Wildman–Crippen LogP) is 4.57. The van der Waals surface area contributed by atoms with Crippen LogP contribution in [0.2, 0.25) is 0 Å². The first kappa shape index (κ1) is 18.4. The van der Waals surface area contributed by atoms with Crippen LogP contribution in [0.4, 0.5) is 10.1 Å². The molecule has 0 N–H and O–H groups in total. The highest BCUT2D eigenvalue weighted by molar-refractivity contribution is 5.92. The van der Waals surface area contributed by atoms with E-state index in [9.17, 15) is 9.18 Å². The summed E-state index contributed by atoms with van der Waals surface area (Å²) in [5.74, 6) is 0.256. The van der Waals surface area contributed by atoms with Gasteiger partial charge in [0.1, 0.15) is 17.2 Å². The van der Waals surface area contributed by atoms with Crippen molar-refractivity contribution >= 4 is 11.6 Å². The number of halogens is 1. The molecule has 0 spiro atoms. The van der Waals surface area contributed by atoms with Crippen LogP contribution in [-0.2, 0) is 11.3 Å². The fourth-order valence-corrected chi connectivity index (χ4v) is 2.66. The maximum absolute atomic E-state index is 13.7. The zero-order valence-corrected chi connectivity index (χ0v) is 15.1. The zero-order valence-electron chi connectivity index (χ0n) is 15.1. The minimum atomic E-state index is -0.689. The largest absolute Gasteiger partial charge is 0.496 e. The Kier molecular flexibility index (Phi) is 5.66. The summed E-state index contributed by atoms with van der Waals surface area (Å²) in [6, 6.07) is 19.0. The highest BCUT2D eigenvalue weighted by Gasteiger charge is 2.20. The van der Waals surface area contributed by atoms with Gasteiger partial charge in [-0.3, -0.25) is 4.79 Å². The lowest BCUT2D eigenvalue weighted by Crippen LogP contribution is -2.28. The molecular weight excluding hydrogens is 346 g/mol. The standard InChI is InChI=1S/C21H19FN2O3/c1-15(25)24(14-16-8-6-7-11-19(16)26-2)18-12-13-20(22)23-21(18)27-17-9-4-3-5-10-17/h3-13H,14H2,1-2H3/i22-1. The Hall–Kier alpha value is -3.41. The van der Waals surface area contributed by atoms with Gasteiger partial charge in [0.05, 0.1) is 13.7 Å². The van der Waals surface area contributed by atoms with E-state index in [0.29, 0.717) is 17.2 Å². The summed E-state index contributed by atoms with van der Waals surface area (Å²) >= 11 is 0.